The van der Waals surface area contributed by atoms with Gasteiger partial charge in [-0.25, -0.2) is 0 Å². The Hall–Kier alpha value is -2.71. The average molecular weight is 292 g/mol. The van der Waals surface area contributed by atoms with Crippen LogP contribution in [0.4, 0.5) is 0 Å². The van der Waals surface area contributed by atoms with Gasteiger partial charge in [0.2, 0.25) is 4.80 Å². The monoisotopic (exact) mass is 292 g/mol. The van der Waals surface area contributed by atoms with E-state index in [1.165, 1.54) is 4.70 Å². The summed E-state index contributed by atoms with van der Waals surface area (Å²) in [4.78, 5) is 0.848. The van der Waals surface area contributed by atoms with Crippen LogP contribution in [0, 0.1) is 11.3 Å². The fourth-order valence-electron chi connectivity index (χ4n) is 1.97. The molecule has 0 bridgehead atoms. The number of para-hydroxylation sites is 1. The maximum atomic E-state index is 8.75. The zero-order valence-corrected chi connectivity index (χ0v) is 12.2. The van der Waals surface area contributed by atoms with Crippen molar-refractivity contribution >= 4 is 27.8 Å². The van der Waals surface area contributed by atoms with Gasteiger partial charge < -0.3 is 4.57 Å². The van der Waals surface area contributed by atoms with E-state index in [2.05, 4.69) is 28.4 Å². The van der Waals surface area contributed by atoms with Crippen molar-refractivity contribution in [3.8, 4) is 6.07 Å². The molecule has 3 aromatic rings. The standard InChI is InChI=1S/C16H12N4S/c1-20-14-4-2-3-5-15(14)21-16(20)19-18-11-13-8-6-12(10-17)7-9-13/h2-9,11H,1H3/b18-11-,19-16+. The van der Waals surface area contributed by atoms with Crippen molar-refractivity contribution in [3.05, 3.63) is 64.5 Å². The zero-order valence-electron chi connectivity index (χ0n) is 11.4. The molecule has 2 aromatic carbocycles. The molecule has 0 aliphatic carbocycles. The predicted octanol–water partition coefficient (Wildman–Crippen LogP) is 3.05. The highest BCUT2D eigenvalue weighted by molar-refractivity contribution is 7.16. The van der Waals surface area contributed by atoms with E-state index in [1.54, 1.807) is 29.7 Å². The van der Waals surface area contributed by atoms with Gasteiger partial charge in [-0.2, -0.15) is 10.4 Å². The van der Waals surface area contributed by atoms with Gasteiger partial charge in [-0.05, 0) is 29.8 Å². The van der Waals surface area contributed by atoms with E-state index in [1.807, 2.05) is 35.9 Å². The van der Waals surface area contributed by atoms with Gasteiger partial charge in [0.25, 0.3) is 0 Å². The first-order valence-electron chi connectivity index (χ1n) is 6.40. The molecule has 0 atom stereocenters. The lowest BCUT2D eigenvalue weighted by Crippen LogP contribution is -2.08. The second-order valence-electron chi connectivity index (χ2n) is 4.49. The lowest BCUT2D eigenvalue weighted by Gasteiger charge is -1.93. The first-order valence-corrected chi connectivity index (χ1v) is 7.21. The van der Waals surface area contributed by atoms with Gasteiger partial charge in [0, 0.05) is 7.05 Å². The van der Waals surface area contributed by atoms with Crippen LogP contribution in [0.3, 0.4) is 0 Å². The molecule has 0 fully saturated rings. The van der Waals surface area contributed by atoms with Crippen molar-refractivity contribution in [2.45, 2.75) is 0 Å². The molecule has 1 heterocycles. The van der Waals surface area contributed by atoms with E-state index in [0.717, 1.165) is 15.9 Å². The highest BCUT2D eigenvalue weighted by Crippen LogP contribution is 2.15. The maximum absolute atomic E-state index is 8.75. The fraction of sp³-hybridized carbons (Fsp3) is 0.0625. The highest BCUT2D eigenvalue weighted by Gasteiger charge is 2.00. The third kappa shape index (κ3) is 2.76. The summed E-state index contributed by atoms with van der Waals surface area (Å²) in [5.41, 5.74) is 2.70. The summed E-state index contributed by atoms with van der Waals surface area (Å²) in [6.07, 6.45) is 1.69. The first kappa shape index (κ1) is 13.3. The van der Waals surface area contributed by atoms with Crippen molar-refractivity contribution in [1.29, 1.82) is 5.26 Å². The Kier molecular flexibility index (Phi) is 3.63. The Bertz CT molecular complexity index is 908. The largest absolute Gasteiger partial charge is 0.318 e. The molecule has 0 N–H and O–H groups in total. The second kappa shape index (κ2) is 5.73. The van der Waals surface area contributed by atoms with E-state index < -0.39 is 0 Å². The first-order chi connectivity index (χ1) is 10.3. The molecule has 0 spiro atoms. The third-order valence-electron chi connectivity index (χ3n) is 3.10. The number of nitrogens with zero attached hydrogens (tertiary/aromatic N) is 4. The number of thiazole rings is 1. The molecule has 0 aliphatic heterocycles. The summed E-state index contributed by atoms with van der Waals surface area (Å²) in [5.74, 6) is 0. The predicted molar refractivity (Wildman–Crippen MR) is 85.1 cm³/mol. The van der Waals surface area contributed by atoms with Crippen LogP contribution >= 0.6 is 11.3 Å². The number of rotatable bonds is 2. The van der Waals surface area contributed by atoms with Crippen LogP contribution in [0.15, 0.2) is 58.7 Å². The molecule has 0 amide bonds. The van der Waals surface area contributed by atoms with Crippen molar-refractivity contribution < 1.29 is 0 Å². The molecule has 4 nitrogen and oxygen atoms in total. The Balaban J connectivity index is 1.91. The Morgan fingerprint density at radius 1 is 1.14 bits per heavy atom. The number of benzene rings is 2. The normalized spacial score (nSPS) is 12.1. The molecule has 0 radical (unpaired) electrons. The van der Waals surface area contributed by atoms with Gasteiger partial charge in [0.05, 0.1) is 28.1 Å². The molecule has 102 valence electrons. The number of fused-ring (bicyclic) bond motifs is 1. The quantitative estimate of drug-likeness (QED) is 0.529. The Labute approximate surface area is 125 Å². The van der Waals surface area contributed by atoms with Crippen LogP contribution in [0.1, 0.15) is 11.1 Å². The lowest BCUT2D eigenvalue weighted by molar-refractivity contribution is 0.889. The van der Waals surface area contributed by atoms with Gasteiger partial charge in [0.1, 0.15) is 0 Å². The minimum absolute atomic E-state index is 0.639. The van der Waals surface area contributed by atoms with Gasteiger partial charge in [0.15, 0.2) is 0 Å². The summed E-state index contributed by atoms with van der Waals surface area (Å²) in [6.45, 7) is 0. The molecule has 0 unspecified atom stereocenters. The number of hydrogen-bond donors (Lipinski definition) is 0. The zero-order chi connectivity index (χ0) is 14.7. The van der Waals surface area contributed by atoms with Crippen LogP contribution in [0.5, 0.6) is 0 Å². The van der Waals surface area contributed by atoms with E-state index in [0.29, 0.717) is 5.56 Å². The van der Waals surface area contributed by atoms with E-state index in [9.17, 15) is 0 Å². The van der Waals surface area contributed by atoms with E-state index in [-0.39, 0.29) is 0 Å². The van der Waals surface area contributed by atoms with Crippen molar-refractivity contribution in [2.75, 3.05) is 0 Å². The fourth-order valence-corrected chi connectivity index (χ4v) is 2.94. The molecule has 1 aromatic heterocycles. The summed E-state index contributed by atoms with van der Waals surface area (Å²) in [5, 5.41) is 17.1. The summed E-state index contributed by atoms with van der Waals surface area (Å²) >= 11 is 1.60. The number of aryl methyl sites for hydroxylation is 1. The topological polar surface area (TPSA) is 53.4 Å². The Morgan fingerprint density at radius 2 is 1.90 bits per heavy atom. The van der Waals surface area contributed by atoms with Gasteiger partial charge >= 0.3 is 0 Å². The van der Waals surface area contributed by atoms with Gasteiger partial charge in [-0.15, -0.1) is 5.10 Å². The number of nitriles is 1. The number of aromatic nitrogens is 1. The SMILES string of the molecule is Cn1/c(=N\N=C/c2ccc(C#N)cc2)sc2ccccc21. The van der Waals surface area contributed by atoms with Crippen molar-refractivity contribution in [2.24, 2.45) is 17.3 Å². The lowest BCUT2D eigenvalue weighted by atomic mass is 10.2. The van der Waals surface area contributed by atoms with Crippen LogP contribution < -0.4 is 4.80 Å². The van der Waals surface area contributed by atoms with Crippen LogP contribution in [-0.2, 0) is 7.05 Å². The molecule has 0 aliphatic rings. The van der Waals surface area contributed by atoms with Crippen LogP contribution in [0.2, 0.25) is 0 Å². The highest BCUT2D eigenvalue weighted by atomic mass is 32.1. The summed E-state index contributed by atoms with van der Waals surface area (Å²) < 4.78 is 3.21. The van der Waals surface area contributed by atoms with Crippen LogP contribution in [0.25, 0.3) is 10.2 Å². The smallest absolute Gasteiger partial charge is 0.211 e. The third-order valence-corrected chi connectivity index (χ3v) is 4.21. The molecule has 21 heavy (non-hydrogen) atoms. The van der Waals surface area contributed by atoms with E-state index >= 15 is 0 Å². The number of hydrogen-bond acceptors (Lipinski definition) is 4. The van der Waals surface area contributed by atoms with Crippen LogP contribution in [-0.4, -0.2) is 10.8 Å². The molecular weight excluding hydrogens is 280 g/mol. The van der Waals surface area contributed by atoms with Crippen molar-refractivity contribution in [1.82, 2.24) is 4.57 Å². The molecule has 3 rings (SSSR count). The molecule has 5 heteroatoms. The van der Waals surface area contributed by atoms with Gasteiger partial charge in [-0.1, -0.05) is 35.6 Å². The van der Waals surface area contributed by atoms with Gasteiger partial charge in [-0.3, -0.25) is 0 Å². The summed E-state index contributed by atoms with van der Waals surface area (Å²) in [7, 11) is 1.98. The average Bonchev–Trinajstić information content (AvgIpc) is 2.85. The maximum Gasteiger partial charge on any atom is 0.211 e. The second-order valence-corrected chi connectivity index (χ2v) is 5.50. The summed E-state index contributed by atoms with van der Waals surface area (Å²) in [6, 6.07) is 17.5. The van der Waals surface area contributed by atoms with E-state index in [4.69, 9.17) is 5.26 Å². The molecular formula is C16H12N4S. The molecule has 0 saturated heterocycles. The minimum atomic E-state index is 0.639. The molecule has 0 saturated carbocycles. The minimum Gasteiger partial charge on any atom is -0.318 e. The van der Waals surface area contributed by atoms with Crippen molar-refractivity contribution in [3.63, 3.8) is 0 Å². The Morgan fingerprint density at radius 3 is 2.62 bits per heavy atom.